The van der Waals surface area contributed by atoms with Crippen LogP contribution in [0.5, 0.6) is 0 Å². The second-order valence-corrected chi connectivity index (χ2v) is 7.52. The molecule has 0 saturated heterocycles. The summed E-state index contributed by atoms with van der Waals surface area (Å²) in [5, 5.41) is 6.92. The highest BCUT2D eigenvalue weighted by molar-refractivity contribution is 9.10. The van der Waals surface area contributed by atoms with Gasteiger partial charge in [0.2, 0.25) is 0 Å². The van der Waals surface area contributed by atoms with Crippen LogP contribution in [-0.2, 0) is 13.1 Å². The van der Waals surface area contributed by atoms with Crippen LogP contribution in [-0.4, -0.2) is 10.6 Å². The first-order valence-corrected chi connectivity index (χ1v) is 8.83. The number of halogens is 1. The van der Waals surface area contributed by atoms with E-state index >= 15 is 0 Å². The van der Waals surface area contributed by atoms with Crippen molar-refractivity contribution in [3.63, 3.8) is 0 Å². The molecule has 110 valence electrons. The first-order chi connectivity index (χ1) is 10.1. The quantitative estimate of drug-likeness (QED) is 0.674. The maximum Gasteiger partial charge on any atom is 0.0569 e. The van der Waals surface area contributed by atoms with Gasteiger partial charge in [-0.1, -0.05) is 26.0 Å². The average molecular weight is 363 g/mol. The fraction of sp³-hybridized carbons (Fsp3) is 0.294. The summed E-state index contributed by atoms with van der Waals surface area (Å²) in [5.41, 5.74) is 2.64. The van der Waals surface area contributed by atoms with Gasteiger partial charge in [0.1, 0.15) is 0 Å². The van der Waals surface area contributed by atoms with Crippen molar-refractivity contribution >= 4 is 38.2 Å². The molecule has 0 fully saturated rings. The van der Waals surface area contributed by atoms with Crippen LogP contribution in [0.1, 0.15) is 24.3 Å². The van der Waals surface area contributed by atoms with Crippen LogP contribution < -0.4 is 5.32 Å². The highest BCUT2D eigenvalue weighted by atomic mass is 79.9. The zero-order chi connectivity index (χ0) is 14.8. The molecule has 1 aromatic carbocycles. The third-order valence-electron chi connectivity index (χ3n) is 3.50. The van der Waals surface area contributed by atoms with E-state index < -0.39 is 0 Å². The largest absolute Gasteiger partial charge is 0.342 e. The summed E-state index contributed by atoms with van der Waals surface area (Å²) in [6.07, 6.45) is 2.18. The highest BCUT2D eigenvalue weighted by Crippen LogP contribution is 2.24. The van der Waals surface area contributed by atoms with Gasteiger partial charge in [-0.15, -0.1) is 11.3 Å². The minimum atomic E-state index is 0.510. The zero-order valence-electron chi connectivity index (χ0n) is 12.3. The molecular weight excluding hydrogens is 344 g/mol. The van der Waals surface area contributed by atoms with E-state index in [9.17, 15) is 0 Å². The van der Waals surface area contributed by atoms with Gasteiger partial charge in [0.05, 0.1) is 6.54 Å². The smallest absolute Gasteiger partial charge is 0.0569 e. The van der Waals surface area contributed by atoms with E-state index in [4.69, 9.17) is 0 Å². The molecule has 1 N–H and O–H groups in total. The van der Waals surface area contributed by atoms with Crippen LogP contribution in [0.3, 0.4) is 0 Å². The summed E-state index contributed by atoms with van der Waals surface area (Å²) in [4.78, 5) is 1.37. The lowest BCUT2D eigenvalue weighted by atomic mass is 10.1. The number of hydrogen-bond donors (Lipinski definition) is 1. The van der Waals surface area contributed by atoms with Crippen LogP contribution in [0.4, 0.5) is 0 Å². The van der Waals surface area contributed by atoms with Gasteiger partial charge in [-0.2, -0.15) is 0 Å². The molecule has 21 heavy (non-hydrogen) atoms. The third kappa shape index (κ3) is 3.57. The van der Waals surface area contributed by atoms with Crippen molar-refractivity contribution in [3.05, 3.63) is 56.8 Å². The predicted octanol–water partition coefficient (Wildman–Crippen LogP) is 5.01. The second kappa shape index (κ2) is 6.34. The summed E-state index contributed by atoms with van der Waals surface area (Å²) in [5.74, 6) is 0. The topological polar surface area (TPSA) is 17.0 Å². The molecule has 2 aromatic heterocycles. The fourth-order valence-corrected chi connectivity index (χ4v) is 3.85. The molecule has 2 heterocycles. The van der Waals surface area contributed by atoms with Crippen LogP contribution in [0.2, 0.25) is 0 Å². The van der Waals surface area contributed by atoms with Crippen LogP contribution >= 0.6 is 27.3 Å². The molecule has 4 heteroatoms. The van der Waals surface area contributed by atoms with Gasteiger partial charge in [0.15, 0.2) is 0 Å². The Kier molecular flexibility index (Phi) is 4.48. The summed E-state index contributed by atoms with van der Waals surface area (Å²) < 4.78 is 3.49. The number of rotatable bonds is 5. The monoisotopic (exact) mass is 362 g/mol. The standard InChI is InChI=1S/C17H19BrN2S/c1-12(2)19-9-13-3-4-14-5-6-20(17(14)7-13)10-16-8-15(18)11-21-16/h3-8,11-12,19H,9-10H2,1-2H3. The molecule has 0 aliphatic heterocycles. The molecular formula is C17H19BrN2S. The summed E-state index contributed by atoms with van der Waals surface area (Å²) in [7, 11) is 0. The Hall–Kier alpha value is -1.10. The van der Waals surface area contributed by atoms with E-state index in [0.717, 1.165) is 13.1 Å². The molecule has 0 spiro atoms. The lowest BCUT2D eigenvalue weighted by Crippen LogP contribution is -2.21. The maximum atomic E-state index is 3.52. The summed E-state index contributed by atoms with van der Waals surface area (Å²) in [6, 6.07) is 11.6. The Bertz CT molecular complexity index is 742. The van der Waals surface area contributed by atoms with E-state index in [1.807, 2.05) is 0 Å². The molecule has 2 nitrogen and oxygen atoms in total. The predicted molar refractivity (Wildman–Crippen MR) is 95.0 cm³/mol. The van der Waals surface area contributed by atoms with Gasteiger partial charge in [-0.25, -0.2) is 0 Å². The molecule has 0 radical (unpaired) electrons. The Morgan fingerprint density at radius 2 is 2.10 bits per heavy atom. The molecule has 0 saturated carbocycles. The van der Waals surface area contributed by atoms with Crippen LogP contribution in [0, 0.1) is 0 Å². The van der Waals surface area contributed by atoms with Crippen LogP contribution in [0.25, 0.3) is 10.9 Å². The van der Waals surface area contributed by atoms with Crippen molar-refractivity contribution in [1.82, 2.24) is 9.88 Å². The Balaban J connectivity index is 1.86. The Labute approximate surface area is 137 Å². The zero-order valence-corrected chi connectivity index (χ0v) is 14.7. The van der Waals surface area contributed by atoms with E-state index in [0.29, 0.717) is 6.04 Å². The van der Waals surface area contributed by atoms with Crippen molar-refractivity contribution in [2.45, 2.75) is 33.0 Å². The van der Waals surface area contributed by atoms with Gasteiger partial charge in [0.25, 0.3) is 0 Å². The lowest BCUT2D eigenvalue weighted by Gasteiger charge is -2.09. The number of benzene rings is 1. The molecule has 0 aliphatic carbocycles. The summed E-state index contributed by atoms with van der Waals surface area (Å²) >= 11 is 5.32. The number of nitrogens with one attached hydrogen (secondary N) is 1. The lowest BCUT2D eigenvalue weighted by molar-refractivity contribution is 0.589. The number of thiophene rings is 1. The number of aromatic nitrogens is 1. The molecule has 0 atom stereocenters. The SMILES string of the molecule is CC(C)NCc1ccc2ccn(Cc3cc(Br)cs3)c2c1. The maximum absolute atomic E-state index is 3.52. The third-order valence-corrected chi connectivity index (χ3v) is 5.18. The highest BCUT2D eigenvalue weighted by Gasteiger charge is 2.05. The fourth-order valence-electron chi connectivity index (χ4n) is 2.40. The first-order valence-electron chi connectivity index (χ1n) is 7.16. The van der Waals surface area contributed by atoms with Crippen molar-refractivity contribution < 1.29 is 0 Å². The van der Waals surface area contributed by atoms with Crippen molar-refractivity contribution in [2.24, 2.45) is 0 Å². The Morgan fingerprint density at radius 1 is 1.24 bits per heavy atom. The minimum absolute atomic E-state index is 0.510. The van der Waals surface area contributed by atoms with Crippen LogP contribution in [0.15, 0.2) is 46.4 Å². The first kappa shape index (κ1) is 14.8. The van der Waals surface area contributed by atoms with Gasteiger partial charge in [-0.3, -0.25) is 0 Å². The van der Waals surface area contributed by atoms with E-state index in [1.54, 1.807) is 11.3 Å². The molecule has 0 aliphatic rings. The molecule has 3 rings (SSSR count). The molecule has 0 unspecified atom stereocenters. The van der Waals surface area contributed by atoms with E-state index in [-0.39, 0.29) is 0 Å². The van der Waals surface area contributed by atoms with Crippen molar-refractivity contribution in [2.75, 3.05) is 0 Å². The van der Waals surface area contributed by atoms with Crippen molar-refractivity contribution in [1.29, 1.82) is 0 Å². The molecule has 0 amide bonds. The second-order valence-electron chi connectivity index (χ2n) is 5.60. The number of hydrogen-bond acceptors (Lipinski definition) is 2. The van der Waals surface area contributed by atoms with E-state index in [1.165, 1.54) is 25.8 Å². The molecule has 3 aromatic rings. The number of fused-ring (bicyclic) bond motifs is 1. The van der Waals surface area contributed by atoms with Gasteiger partial charge < -0.3 is 9.88 Å². The van der Waals surface area contributed by atoms with Gasteiger partial charge >= 0.3 is 0 Å². The van der Waals surface area contributed by atoms with Gasteiger partial charge in [-0.05, 0) is 45.1 Å². The van der Waals surface area contributed by atoms with Gasteiger partial charge in [0, 0.05) is 39.0 Å². The summed E-state index contributed by atoms with van der Waals surface area (Å²) in [6.45, 7) is 6.20. The Morgan fingerprint density at radius 3 is 2.81 bits per heavy atom. The van der Waals surface area contributed by atoms with Crippen molar-refractivity contribution in [3.8, 4) is 0 Å². The average Bonchev–Trinajstić information content (AvgIpc) is 3.04. The minimum Gasteiger partial charge on any atom is -0.342 e. The van der Waals surface area contributed by atoms with E-state index in [2.05, 4.69) is 81.6 Å². The normalized spacial score (nSPS) is 11.6. The number of nitrogens with zero attached hydrogens (tertiary/aromatic N) is 1. The molecule has 0 bridgehead atoms.